The lowest BCUT2D eigenvalue weighted by atomic mass is 10.1. The normalized spacial score (nSPS) is 11.3. The van der Waals surface area contributed by atoms with Crippen molar-refractivity contribution in [1.29, 1.82) is 0 Å². The number of carbonyl (C=O) groups is 1. The van der Waals surface area contributed by atoms with Crippen LogP contribution in [0.5, 0.6) is 5.75 Å². The molecule has 0 aromatic heterocycles. The second-order valence-electron chi connectivity index (χ2n) is 6.45. The van der Waals surface area contributed by atoms with E-state index in [-0.39, 0.29) is 12.5 Å². The van der Waals surface area contributed by atoms with Gasteiger partial charge in [-0.25, -0.2) is 5.43 Å². The molecule has 0 radical (unpaired) electrons. The fourth-order valence-electron chi connectivity index (χ4n) is 2.73. The maximum absolute atomic E-state index is 12.3. The fraction of sp³-hybridized carbons (Fsp3) is 0.120. The van der Waals surface area contributed by atoms with E-state index >= 15 is 0 Å². The number of allylic oxidation sites excluding steroid dienone is 1. The van der Waals surface area contributed by atoms with E-state index in [4.69, 9.17) is 4.74 Å². The maximum Gasteiger partial charge on any atom is 0.259 e. The van der Waals surface area contributed by atoms with E-state index in [1.54, 1.807) is 0 Å². The van der Waals surface area contributed by atoms with Crippen LogP contribution in [0.25, 0.3) is 6.08 Å². The number of ether oxygens (including phenoxy) is 1. The molecular formula is C25H25N3O2. The number of amides is 1. The second kappa shape index (κ2) is 11.2. The number of hydrazone groups is 1. The Morgan fingerprint density at radius 2 is 1.60 bits per heavy atom. The minimum absolute atomic E-state index is 0.113. The molecule has 0 saturated carbocycles. The Labute approximate surface area is 177 Å². The third-order valence-electron chi connectivity index (χ3n) is 4.22. The van der Waals surface area contributed by atoms with Crippen LogP contribution >= 0.6 is 0 Å². The van der Waals surface area contributed by atoms with Gasteiger partial charge in [0.25, 0.3) is 5.91 Å². The Morgan fingerprint density at radius 1 is 0.933 bits per heavy atom. The van der Waals surface area contributed by atoms with E-state index in [0.29, 0.717) is 12.3 Å². The summed E-state index contributed by atoms with van der Waals surface area (Å²) < 4.78 is 5.42. The maximum atomic E-state index is 12.3. The van der Waals surface area contributed by atoms with Crippen molar-refractivity contribution in [1.82, 2.24) is 5.43 Å². The van der Waals surface area contributed by atoms with Crippen LogP contribution in [0.15, 0.2) is 96.1 Å². The molecule has 152 valence electrons. The third kappa shape index (κ3) is 6.63. The highest BCUT2D eigenvalue weighted by molar-refractivity contribution is 6.11. The lowest BCUT2D eigenvalue weighted by Crippen LogP contribution is -2.26. The lowest BCUT2D eigenvalue weighted by Gasteiger charge is -2.08. The second-order valence-corrected chi connectivity index (χ2v) is 6.45. The summed E-state index contributed by atoms with van der Waals surface area (Å²) in [5.41, 5.74) is 6.12. The van der Waals surface area contributed by atoms with Gasteiger partial charge in [0.1, 0.15) is 5.75 Å². The molecule has 3 aromatic carbocycles. The molecule has 3 rings (SSSR count). The summed E-state index contributed by atoms with van der Waals surface area (Å²) in [7, 11) is 0. The SMILES string of the molecule is CCOc1ccc(NCC(=O)N/N=C(\C=C/c2ccccc2)c2ccccc2)cc1. The summed E-state index contributed by atoms with van der Waals surface area (Å²) in [6, 6.07) is 27.2. The minimum Gasteiger partial charge on any atom is -0.494 e. The van der Waals surface area contributed by atoms with Crippen LogP contribution in [0.1, 0.15) is 18.1 Å². The summed E-state index contributed by atoms with van der Waals surface area (Å²) in [6.45, 7) is 2.67. The molecule has 5 heteroatoms. The molecule has 0 heterocycles. The molecule has 0 spiro atoms. The molecule has 0 aliphatic rings. The predicted molar refractivity (Wildman–Crippen MR) is 123 cm³/mol. The molecular weight excluding hydrogens is 374 g/mol. The Morgan fingerprint density at radius 3 is 2.27 bits per heavy atom. The van der Waals surface area contributed by atoms with E-state index < -0.39 is 0 Å². The largest absolute Gasteiger partial charge is 0.494 e. The fourth-order valence-corrected chi connectivity index (χ4v) is 2.73. The Balaban J connectivity index is 1.63. The van der Waals surface area contributed by atoms with Crippen molar-refractivity contribution in [3.8, 4) is 5.75 Å². The van der Waals surface area contributed by atoms with Gasteiger partial charge in [-0.1, -0.05) is 66.7 Å². The summed E-state index contributed by atoms with van der Waals surface area (Å²) in [5.74, 6) is 0.570. The van der Waals surface area contributed by atoms with Gasteiger partial charge in [-0.15, -0.1) is 0 Å². The first-order chi connectivity index (χ1) is 14.7. The van der Waals surface area contributed by atoms with Gasteiger partial charge in [0.15, 0.2) is 0 Å². The van der Waals surface area contributed by atoms with Crippen molar-refractivity contribution < 1.29 is 9.53 Å². The molecule has 0 fully saturated rings. The highest BCUT2D eigenvalue weighted by atomic mass is 16.5. The molecule has 0 aliphatic heterocycles. The van der Waals surface area contributed by atoms with Crippen LogP contribution in [-0.4, -0.2) is 24.8 Å². The number of hydrogen-bond donors (Lipinski definition) is 2. The molecule has 2 N–H and O–H groups in total. The first kappa shape index (κ1) is 20.9. The molecule has 3 aromatic rings. The predicted octanol–water partition coefficient (Wildman–Crippen LogP) is 4.73. The van der Waals surface area contributed by atoms with Gasteiger partial charge in [0, 0.05) is 11.3 Å². The summed E-state index contributed by atoms with van der Waals surface area (Å²) >= 11 is 0. The molecule has 0 atom stereocenters. The van der Waals surface area contributed by atoms with Crippen LogP contribution in [0, 0.1) is 0 Å². The number of carbonyl (C=O) groups excluding carboxylic acids is 1. The lowest BCUT2D eigenvalue weighted by molar-refractivity contribution is -0.119. The standard InChI is InChI=1S/C25H25N3O2/c1-2-30-23-16-14-22(15-17-23)26-19-25(29)28-27-24(21-11-7-4-8-12-21)18-13-20-9-5-3-6-10-20/h3-18,26H,2,19H2,1H3,(H,28,29)/b18-13-,27-24+. The van der Waals surface area contributed by atoms with Crippen LogP contribution < -0.4 is 15.5 Å². The minimum atomic E-state index is -0.231. The average molecular weight is 399 g/mol. The zero-order chi connectivity index (χ0) is 21.0. The van der Waals surface area contributed by atoms with E-state index in [1.165, 1.54) is 0 Å². The van der Waals surface area contributed by atoms with Crippen LogP contribution in [0.4, 0.5) is 5.69 Å². The van der Waals surface area contributed by atoms with Crippen molar-refractivity contribution in [2.24, 2.45) is 5.10 Å². The Bertz CT molecular complexity index is 982. The number of nitrogens with one attached hydrogen (secondary N) is 2. The summed E-state index contributed by atoms with van der Waals surface area (Å²) in [4.78, 5) is 12.3. The molecule has 0 unspecified atom stereocenters. The first-order valence-electron chi connectivity index (χ1n) is 9.86. The number of rotatable bonds is 9. The molecule has 5 nitrogen and oxygen atoms in total. The van der Waals surface area contributed by atoms with Gasteiger partial charge >= 0.3 is 0 Å². The summed E-state index contributed by atoms with van der Waals surface area (Å²) in [6.07, 6.45) is 3.86. The van der Waals surface area contributed by atoms with Crippen molar-refractivity contribution in [3.05, 3.63) is 102 Å². The number of benzene rings is 3. The Hall–Kier alpha value is -3.86. The monoisotopic (exact) mass is 399 g/mol. The van der Waals surface area contributed by atoms with E-state index in [0.717, 1.165) is 22.6 Å². The highest BCUT2D eigenvalue weighted by Gasteiger charge is 2.03. The van der Waals surface area contributed by atoms with Gasteiger partial charge in [-0.05, 0) is 42.8 Å². The number of anilines is 1. The molecule has 30 heavy (non-hydrogen) atoms. The van der Waals surface area contributed by atoms with Crippen molar-refractivity contribution in [3.63, 3.8) is 0 Å². The van der Waals surface area contributed by atoms with Crippen LogP contribution in [-0.2, 0) is 4.79 Å². The first-order valence-corrected chi connectivity index (χ1v) is 9.86. The quantitative estimate of drug-likeness (QED) is 0.404. The zero-order valence-electron chi connectivity index (χ0n) is 16.9. The molecule has 1 amide bonds. The van der Waals surface area contributed by atoms with Gasteiger partial charge in [-0.2, -0.15) is 5.10 Å². The van der Waals surface area contributed by atoms with Gasteiger partial charge in [0.05, 0.1) is 18.9 Å². The Kier molecular flexibility index (Phi) is 7.80. The van der Waals surface area contributed by atoms with E-state index in [1.807, 2.05) is 104 Å². The van der Waals surface area contributed by atoms with Crippen LogP contribution in [0.2, 0.25) is 0 Å². The smallest absolute Gasteiger partial charge is 0.259 e. The average Bonchev–Trinajstić information content (AvgIpc) is 2.80. The van der Waals surface area contributed by atoms with Crippen molar-refractivity contribution in [2.75, 3.05) is 18.5 Å². The van der Waals surface area contributed by atoms with Crippen molar-refractivity contribution >= 4 is 23.4 Å². The molecule has 0 aliphatic carbocycles. The zero-order valence-corrected chi connectivity index (χ0v) is 16.9. The van der Waals surface area contributed by atoms with Gasteiger partial charge < -0.3 is 10.1 Å². The van der Waals surface area contributed by atoms with E-state index in [2.05, 4.69) is 15.8 Å². The topological polar surface area (TPSA) is 62.7 Å². The van der Waals surface area contributed by atoms with Gasteiger partial charge in [0.2, 0.25) is 0 Å². The number of nitrogens with zero attached hydrogens (tertiary/aromatic N) is 1. The highest BCUT2D eigenvalue weighted by Crippen LogP contribution is 2.15. The molecule has 0 bridgehead atoms. The summed E-state index contributed by atoms with van der Waals surface area (Å²) in [5, 5.41) is 7.41. The van der Waals surface area contributed by atoms with E-state index in [9.17, 15) is 4.79 Å². The van der Waals surface area contributed by atoms with Gasteiger partial charge in [-0.3, -0.25) is 4.79 Å². The van der Waals surface area contributed by atoms with Crippen LogP contribution in [0.3, 0.4) is 0 Å². The molecule has 0 saturated heterocycles. The third-order valence-corrected chi connectivity index (χ3v) is 4.22. The number of hydrogen-bond acceptors (Lipinski definition) is 4. The van der Waals surface area contributed by atoms with Crippen molar-refractivity contribution in [2.45, 2.75) is 6.92 Å².